The molecule has 2 aromatic rings. The summed E-state index contributed by atoms with van der Waals surface area (Å²) in [4.78, 5) is 19.5. The molecule has 0 aliphatic heterocycles. The zero-order valence-corrected chi connectivity index (χ0v) is 9.02. The lowest BCUT2D eigenvalue weighted by molar-refractivity contribution is 0.0689. The molecule has 0 saturated carbocycles. The largest absolute Gasteiger partial charge is 0.476 e. The Balaban J connectivity index is 2.22. The first kappa shape index (κ1) is 10.6. The zero-order chi connectivity index (χ0) is 11.4. The Bertz CT molecular complexity index is 502. The maximum absolute atomic E-state index is 10.7. The highest BCUT2D eigenvalue weighted by molar-refractivity contribution is 7.99. The van der Waals surface area contributed by atoms with Crippen LogP contribution in [0.2, 0.25) is 0 Å². The second-order valence-electron chi connectivity index (χ2n) is 2.96. The van der Waals surface area contributed by atoms with Crippen molar-refractivity contribution in [2.24, 2.45) is 0 Å². The average Bonchev–Trinajstić information content (AvgIpc) is 2.30. The Morgan fingerprint density at radius 3 is 2.62 bits per heavy atom. The van der Waals surface area contributed by atoms with Gasteiger partial charge in [-0.3, -0.25) is 4.98 Å². The van der Waals surface area contributed by atoms with Crippen LogP contribution >= 0.6 is 11.8 Å². The Kier molecular flexibility index (Phi) is 3.16. The summed E-state index contributed by atoms with van der Waals surface area (Å²) in [6.07, 6.45) is 2.78. The molecule has 1 heterocycles. The van der Waals surface area contributed by atoms with Crippen LogP contribution in [-0.4, -0.2) is 21.0 Å². The fourth-order valence-electron chi connectivity index (χ4n) is 1.11. The number of aromatic nitrogens is 2. The number of hydrogen-bond acceptors (Lipinski definition) is 4. The molecular weight excluding hydrogens is 224 g/mol. The summed E-state index contributed by atoms with van der Waals surface area (Å²) in [6.45, 7) is 0. The van der Waals surface area contributed by atoms with Gasteiger partial charge in [0, 0.05) is 4.90 Å². The van der Waals surface area contributed by atoms with E-state index in [1.807, 2.05) is 30.3 Å². The molecular formula is C11H8N2O2S. The van der Waals surface area contributed by atoms with Gasteiger partial charge in [-0.1, -0.05) is 30.0 Å². The van der Waals surface area contributed by atoms with Gasteiger partial charge in [0.15, 0.2) is 5.69 Å². The first-order valence-electron chi connectivity index (χ1n) is 4.54. The molecule has 5 heteroatoms. The number of carbonyl (C=O) groups is 1. The van der Waals surface area contributed by atoms with Gasteiger partial charge in [-0.05, 0) is 12.1 Å². The average molecular weight is 232 g/mol. The number of hydrogen-bond donors (Lipinski definition) is 1. The summed E-state index contributed by atoms with van der Waals surface area (Å²) >= 11 is 1.38. The van der Waals surface area contributed by atoms with Crippen LogP contribution < -0.4 is 0 Å². The summed E-state index contributed by atoms with van der Waals surface area (Å²) < 4.78 is 0. The molecule has 1 aromatic heterocycles. The summed E-state index contributed by atoms with van der Waals surface area (Å²) in [5.74, 6) is -1.07. The number of carboxylic acid groups (broad SMARTS) is 1. The molecule has 0 atom stereocenters. The maximum atomic E-state index is 10.7. The lowest BCUT2D eigenvalue weighted by Gasteiger charge is -2.00. The van der Waals surface area contributed by atoms with Gasteiger partial charge in [-0.2, -0.15) is 0 Å². The number of aromatic carboxylic acids is 1. The van der Waals surface area contributed by atoms with Crippen molar-refractivity contribution in [3.05, 3.63) is 48.4 Å². The minimum atomic E-state index is -1.07. The Hall–Kier alpha value is -1.88. The lowest BCUT2D eigenvalue weighted by Crippen LogP contribution is -2.01. The maximum Gasteiger partial charge on any atom is 0.356 e. The van der Waals surface area contributed by atoms with Crippen LogP contribution in [0.15, 0.2) is 52.6 Å². The molecule has 2 rings (SSSR count). The van der Waals surface area contributed by atoms with Crippen LogP contribution in [-0.2, 0) is 0 Å². The minimum Gasteiger partial charge on any atom is -0.476 e. The first-order valence-corrected chi connectivity index (χ1v) is 5.35. The Morgan fingerprint density at radius 2 is 1.94 bits per heavy atom. The third kappa shape index (κ3) is 2.58. The third-order valence-electron chi connectivity index (χ3n) is 1.80. The molecule has 0 fully saturated rings. The van der Waals surface area contributed by atoms with E-state index < -0.39 is 5.97 Å². The van der Waals surface area contributed by atoms with E-state index in [1.54, 1.807) is 6.20 Å². The molecule has 16 heavy (non-hydrogen) atoms. The topological polar surface area (TPSA) is 63.1 Å². The fraction of sp³-hybridized carbons (Fsp3) is 0. The smallest absolute Gasteiger partial charge is 0.356 e. The van der Waals surface area contributed by atoms with Crippen molar-refractivity contribution in [3.8, 4) is 0 Å². The molecule has 0 saturated heterocycles. The van der Waals surface area contributed by atoms with Crippen LogP contribution in [0.1, 0.15) is 10.5 Å². The van der Waals surface area contributed by atoms with Gasteiger partial charge < -0.3 is 5.11 Å². The molecule has 80 valence electrons. The highest BCUT2D eigenvalue weighted by Crippen LogP contribution is 2.24. The monoisotopic (exact) mass is 232 g/mol. The highest BCUT2D eigenvalue weighted by Gasteiger charge is 2.06. The molecule has 1 aromatic carbocycles. The quantitative estimate of drug-likeness (QED) is 0.879. The van der Waals surface area contributed by atoms with E-state index in [-0.39, 0.29) is 5.69 Å². The number of benzene rings is 1. The number of nitrogens with zero attached hydrogens (tertiary/aromatic N) is 2. The van der Waals surface area contributed by atoms with Crippen molar-refractivity contribution in [2.75, 3.05) is 0 Å². The van der Waals surface area contributed by atoms with E-state index in [0.717, 1.165) is 4.90 Å². The van der Waals surface area contributed by atoms with Crippen LogP contribution in [0.3, 0.4) is 0 Å². The second kappa shape index (κ2) is 4.76. The highest BCUT2D eigenvalue weighted by atomic mass is 32.2. The van der Waals surface area contributed by atoms with Gasteiger partial charge in [-0.15, -0.1) is 0 Å². The van der Waals surface area contributed by atoms with E-state index in [9.17, 15) is 4.79 Å². The van der Waals surface area contributed by atoms with Crippen molar-refractivity contribution < 1.29 is 9.90 Å². The number of rotatable bonds is 3. The summed E-state index contributed by atoms with van der Waals surface area (Å²) in [5.41, 5.74) is -0.0408. The van der Waals surface area contributed by atoms with Crippen LogP contribution in [0.5, 0.6) is 0 Å². The van der Waals surface area contributed by atoms with Crippen molar-refractivity contribution in [3.63, 3.8) is 0 Å². The van der Waals surface area contributed by atoms with Gasteiger partial charge in [0.2, 0.25) is 0 Å². The van der Waals surface area contributed by atoms with Gasteiger partial charge in [0.25, 0.3) is 0 Å². The van der Waals surface area contributed by atoms with E-state index in [4.69, 9.17) is 5.11 Å². The molecule has 0 aliphatic rings. The summed E-state index contributed by atoms with van der Waals surface area (Å²) in [7, 11) is 0. The van der Waals surface area contributed by atoms with Crippen LogP contribution in [0.25, 0.3) is 0 Å². The van der Waals surface area contributed by atoms with Crippen molar-refractivity contribution in [2.45, 2.75) is 9.92 Å². The SMILES string of the molecule is O=C(O)c1cncc(Sc2ccccc2)n1. The predicted octanol–water partition coefficient (Wildman–Crippen LogP) is 2.33. The van der Waals surface area contributed by atoms with Crippen LogP contribution in [0, 0.1) is 0 Å². The third-order valence-corrected chi connectivity index (χ3v) is 2.71. The summed E-state index contributed by atoms with van der Waals surface area (Å²) in [5, 5.41) is 9.34. The van der Waals surface area contributed by atoms with E-state index in [1.165, 1.54) is 18.0 Å². The molecule has 0 radical (unpaired) electrons. The molecule has 0 unspecified atom stereocenters. The Morgan fingerprint density at radius 1 is 1.19 bits per heavy atom. The van der Waals surface area contributed by atoms with E-state index in [0.29, 0.717) is 5.03 Å². The number of carboxylic acids is 1. The Labute approximate surface area is 96.4 Å². The molecule has 4 nitrogen and oxygen atoms in total. The van der Waals surface area contributed by atoms with E-state index >= 15 is 0 Å². The standard InChI is InChI=1S/C11H8N2O2S/c14-11(15)9-6-12-7-10(13-9)16-8-4-2-1-3-5-8/h1-7H,(H,14,15). The van der Waals surface area contributed by atoms with Gasteiger partial charge in [0.1, 0.15) is 5.03 Å². The molecule has 0 spiro atoms. The summed E-state index contributed by atoms with van der Waals surface area (Å²) in [6, 6.07) is 9.61. The molecule has 1 N–H and O–H groups in total. The zero-order valence-electron chi connectivity index (χ0n) is 8.20. The van der Waals surface area contributed by atoms with Gasteiger partial charge in [0.05, 0.1) is 12.4 Å². The van der Waals surface area contributed by atoms with Gasteiger partial charge >= 0.3 is 5.97 Å². The molecule has 0 amide bonds. The second-order valence-corrected chi connectivity index (χ2v) is 4.06. The lowest BCUT2D eigenvalue weighted by atomic mass is 10.4. The van der Waals surface area contributed by atoms with Crippen molar-refractivity contribution >= 4 is 17.7 Å². The minimum absolute atomic E-state index is 0.0408. The van der Waals surface area contributed by atoms with E-state index in [2.05, 4.69) is 9.97 Å². The fourth-order valence-corrected chi connectivity index (χ4v) is 1.90. The first-order chi connectivity index (χ1) is 7.75. The predicted molar refractivity (Wildman–Crippen MR) is 59.6 cm³/mol. The molecule has 0 bridgehead atoms. The van der Waals surface area contributed by atoms with Gasteiger partial charge in [-0.25, -0.2) is 9.78 Å². The normalized spacial score (nSPS) is 10.0. The van der Waals surface area contributed by atoms with Crippen molar-refractivity contribution in [1.82, 2.24) is 9.97 Å². The van der Waals surface area contributed by atoms with Crippen LogP contribution in [0.4, 0.5) is 0 Å². The molecule has 0 aliphatic carbocycles. The van der Waals surface area contributed by atoms with Crippen molar-refractivity contribution in [1.29, 1.82) is 0 Å².